The molecular formula is C48H32N2O. The van der Waals surface area contributed by atoms with Gasteiger partial charge in [-0.1, -0.05) is 164 Å². The first-order chi connectivity index (χ1) is 25.3. The Morgan fingerprint density at radius 3 is 1.55 bits per heavy atom. The van der Waals surface area contributed by atoms with Gasteiger partial charge in [0, 0.05) is 27.5 Å². The van der Waals surface area contributed by atoms with Gasteiger partial charge in [-0.05, 0) is 63.7 Å². The van der Waals surface area contributed by atoms with Crippen molar-refractivity contribution in [3.63, 3.8) is 0 Å². The second-order valence-corrected chi connectivity index (χ2v) is 12.6. The molecule has 9 rings (SSSR count). The van der Waals surface area contributed by atoms with Gasteiger partial charge < -0.3 is 4.42 Å². The summed E-state index contributed by atoms with van der Waals surface area (Å²) >= 11 is 0. The van der Waals surface area contributed by atoms with Crippen molar-refractivity contribution in [2.24, 2.45) is 9.98 Å². The van der Waals surface area contributed by atoms with E-state index in [9.17, 15) is 0 Å². The fourth-order valence-corrected chi connectivity index (χ4v) is 6.75. The molecule has 2 heterocycles. The summed E-state index contributed by atoms with van der Waals surface area (Å²) in [5.41, 5.74) is 13.4. The van der Waals surface area contributed by atoms with Crippen molar-refractivity contribution in [3.05, 3.63) is 211 Å². The highest BCUT2D eigenvalue weighted by Gasteiger charge is 2.18. The maximum atomic E-state index is 6.44. The van der Waals surface area contributed by atoms with Gasteiger partial charge in [-0.3, -0.25) is 0 Å². The van der Waals surface area contributed by atoms with Gasteiger partial charge in [-0.15, -0.1) is 0 Å². The van der Waals surface area contributed by atoms with E-state index in [0.29, 0.717) is 5.84 Å². The molecule has 0 radical (unpaired) electrons. The van der Waals surface area contributed by atoms with Crippen molar-refractivity contribution in [1.82, 2.24) is 0 Å². The van der Waals surface area contributed by atoms with E-state index in [1.807, 2.05) is 60.7 Å². The molecule has 8 aromatic rings. The third-order valence-electron chi connectivity index (χ3n) is 9.38. The lowest BCUT2D eigenvalue weighted by Crippen LogP contribution is -2.07. The van der Waals surface area contributed by atoms with Crippen LogP contribution in [0, 0.1) is 0 Å². The predicted octanol–water partition coefficient (Wildman–Crippen LogP) is 12.4. The van der Waals surface area contributed by atoms with Crippen LogP contribution in [0.25, 0.3) is 61.0 Å². The lowest BCUT2D eigenvalue weighted by molar-refractivity contribution is 0.669. The number of allylic oxidation sites excluding steroid dienone is 3. The number of aliphatic imine (C=N–C) groups is 2. The SMILES string of the molecule is C1=C/C(c2ccccc2)=N\C(c2cccc3oc4ccc(-c5ccc(-c6ccc(-c7ccccc7)cc6)cc5)cc4c23)=N/C(c2ccccc2)=C/1. The Kier molecular flexibility index (Phi) is 7.84. The average Bonchev–Trinajstić information content (AvgIpc) is 3.58. The molecule has 240 valence electrons. The first-order valence-electron chi connectivity index (χ1n) is 17.2. The summed E-state index contributed by atoms with van der Waals surface area (Å²) in [4.78, 5) is 10.5. The molecule has 1 aliphatic rings. The average molecular weight is 653 g/mol. The van der Waals surface area contributed by atoms with Crippen molar-refractivity contribution in [1.29, 1.82) is 0 Å². The van der Waals surface area contributed by atoms with Gasteiger partial charge in [0.1, 0.15) is 11.2 Å². The molecule has 0 N–H and O–H groups in total. The number of benzene rings is 7. The van der Waals surface area contributed by atoms with E-state index in [1.165, 1.54) is 22.3 Å². The second kappa shape index (κ2) is 13.2. The quantitative estimate of drug-likeness (QED) is 0.176. The number of amidine groups is 1. The first kappa shape index (κ1) is 30.2. The fraction of sp³-hybridized carbons (Fsp3) is 0. The number of rotatable bonds is 6. The van der Waals surface area contributed by atoms with Crippen LogP contribution in [0.2, 0.25) is 0 Å². The van der Waals surface area contributed by atoms with Crippen LogP contribution in [0.3, 0.4) is 0 Å². The molecule has 7 aromatic carbocycles. The minimum atomic E-state index is 0.634. The third kappa shape index (κ3) is 6.03. The predicted molar refractivity (Wildman–Crippen MR) is 213 cm³/mol. The maximum absolute atomic E-state index is 6.44. The number of fused-ring (bicyclic) bond motifs is 3. The van der Waals surface area contributed by atoms with Crippen LogP contribution in [-0.4, -0.2) is 11.5 Å². The van der Waals surface area contributed by atoms with E-state index in [1.54, 1.807) is 0 Å². The number of nitrogens with zero attached hydrogens (tertiary/aromatic N) is 2. The van der Waals surface area contributed by atoms with Gasteiger partial charge in [0.05, 0.1) is 11.4 Å². The van der Waals surface area contributed by atoms with Crippen molar-refractivity contribution >= 4 is 39.2 Å². The molecule has 0 atom stereocenters. The van der Waals surface area contributed by atoms with Gasteiger partial charge in [-0.2, -0.15) is 0 Å². The molecule has 0 amide bonds. The van der Waals surface area contributed by atoms with Crippen molar-refractivity contribution in [3.8, 4) is 33.4 Å². The van der Waals surface area contributed by atoms with Crippen molar-refractivity contribution in [2.45, 2.75) is 0 Å². The Balaban J connectivity index is 1.12. The van der Waals surface area contributed by atoms with Crippen LogP contribution in [-0.2, 0) is 0 Å². The smallest absolute Gasteiger partial charge is 0.161 e. The van der Waals surface area contributed by atoms with Gasteiger partial charge in [-0.25, -0.2) is 9.98 Å². The Morgan fingerprint density at radius 1 is 0.392 bits per heavy atom. The molecule has 3 heteroatoms. The highest BCUT2D eigenvalue weighted by Crippen LogP contribution is 2.36. The molecule has 0 bridgehead atoms. The van der Waals surface area contributed by atoms with E-state index >= 15 is 0 Å². The summed E-state index contributed by atoms with van der Waals surface area (Å²) in [7, 11) is 0. The molecule has 0 saturated carbocycles. The lowest BCUT2D eigenvalue weighted by Gasteiger charge is -2.11. The normalized spacial score (nSPS) is 16.7. The Morgan fingerprint density at radius 2 is 0.922 bits per heavy atom. The minimum absolute atomic E-state index is 0.634. The third-order valence-corrected chi connectivity index (χ3v) is 9.38. The van der Waals surface area contributed by atoms with Crippen molar-refractivity contribution in [2.75, 3.05) is 0 Å². The molecule has 1 aromatic heterocycles. The molecule has 51 heavy (non-hydrogen) atoms. The molecule has 0 fully saturated rings. The molecule has 0 saturated heterocycles. The van der Waals surface area contributed by atoms with Crippen LogP contribution in [0.1, 0.15) is 16.7 Å². The topological polar surface area (TPSA) is 37.9 Å². The van der Waals surface area contributed by atoms with Gasteiger partial charge >= 0.3 is 0 Å². The van der Waals surface area contributed by atoms with Gasteiger partial charge in [0.25, 0.3) is 0 Å². The zero-order chi connectivity index (χ0) is 34.0. The zero-order valence-corrected chi connectivity index (χ0v) is 27.8. The van der Waals surface area contributed by atoms with Crippen LogP contribution in [0.4, 0.5) is 0 Å². The number of furan rings is 1. The van der Waals surface area contributed by atoms with E-state index in [-0.39, 0.29) is 0 Å². The summed E-state index contributed by atoms with van der Waals surface area (Å²) in [6.07, 6.45) is 6.14. The molecule has 0 spiro atoms. The largest absolute Gasteiger partial charge is 0.456 e. The lowest BCUT2D eigenvalue weighted by atomic mass is 9.97. The Bertz CT molecular complexity index is 2590. The molecule has 0 aliphatic carbocycles. The first-order valence-corrected chi connectivity index (χ1v) is 17.2. The molecular weight excluding hydrogens is 621 g/mol. The minimum Gasteiger partial charge on any atom is -0.456 e. The van der Waals surface area contributed by atoms with E-state index in [2.05, 4.69) is 133 Å². The van der Waals surface area contributed by atoms with Gasteiger partial charge in [0.2, 0.25) is 0 Å². The summed E-state index contributed by atoms with van der Waals surface area (Å²) < 4.78 is 6.44. The zero-order valence-electron chi connectivity index (χ0n) is 27.8. The van der Waals surface area contributed by atoms with Crippen LogP contribution < -0.4 is 0 Å². The van der Waals surface area contributed by atoms with E-state index in [0.717, 1.165) is 61.2 Å². The number of hydrogen-bond acceptors (Lipinski definition) is 3. The van der Waals surface area contributed by atoms with E-state index in [4.69, 9.17) is 14.4 Å². The second-order valence-electron chi connectivity index (χ2n) is 12.6. The summed E-state index contributed by atoms with van der Waals surface area (Å²) in [5.74, 6) is 0.634. The molecule has 0 unspecified atom stereocenters. The molecule has 1 aliphatic heterocycles. The van der Waals surface area contributed by atoms with Gasteiger partial charge in [0.15, 0.2) is 5.84 Å². The fourth-order valence-electron chi connectivity index (χ4n) is 6.75. The monoisotopic (exact) mass is 652 g/mol. The maximum Gasteiger partial charge on any atom is 0.161 e. The van der Waals surface area contributed by atoms with E-state index < -0.39 is 0 Å². The van der Waals surface area contributed by atoms with Crippen molar-refractivity contribution < 1.29 is 4.42 Å². The Labute approximate surface area is 296 Å². The standard InChI is InChI=1S/C48H32N2O/c1-4-12-33(13-5-1)34-22-24-35(25-23-34)36-26-28-37(29-27-36)40-30-31-45-42(32-40)47-41(18-10-21-46(47)51-45)48-49-43(38-14-6-2-7-15-38)19-11-20-44(50-48)39-16-8-3-9-17-39/h1-32H/b19-11+,20-11?,43-19?,44-20+,49-43+,49-48?,50-44?,50-48-. The van der Waals surface area contributed by atoms with Crippen LogP contribution in [0.5, 0.6) is 0 Å². The molecule has 3 nitrogen and oxygen atoms in total. The van der Waals surface area contributed by atoms with Crippen LogP contribution >= 0.6 is 0 Å². The summed E-state index contributed by atoms with van der Waals surface area (Å²) in [5, 5.41) is 2.03. The highest BCUT2D eigenvalue weighted by molar-refractivity contribution is 6.24. The number of hydrogen-bond donors (Lipinski definition) is 0. The summed E-state index contributed by atoms with van der Waals surface area (Å²) in [6, 6.07) is 61.1. The van der Waals surface area contributed by atoms with Crippen LogP contribution in [0.15, 0.2) is 209 Å². The summed E-state index contributed by atoms with van der Waals surface area (Å²) in [6.45, 7) is 0. The Hall–Kier alpha value is -6.84. The highest BCUT2D eigenvalue weighted by atomic mass is 16.3.